The summed E-state index contributed by atoms with van der Waals surface area (Å²) < 4.78 is 32.6. The van der Waals surface area contributed by atoms with Gasteiger partial charge in [0.05, 0.1) is 13.2 Å². The Morgan fingerprint density at radius 2 is 2.25 bits per heavy atom. The van der Waals surface area contributed by atoms with E-state index < -0.39 is 10.0 Å². The summed E-state index contributed by atoms with van der Waals surface area (Å²) in [6.45, 7) is 4.05. The van der Waals surface area contributed by atoms with Gasteiger partial charge in [-0.25, -0.2) is 8.42 Å². The van der Waals surface area contributed by atoms with Gasteiger partial charge in [0.15, 0.2) is 0 Å². The van der Waals surface area contributed by atoms with Crippen LogP contribution in [0, 0.1) is 0 Å². The fourth-order valence-corrected chi connectivity index (χ4v) is 5.35. The van der Waals surface area contributed by atoms with Gasteiger partial charge in [0.1, 0.15) is 4.21 Å². The molecule has 5 nitrogen and oxygen atoms in total. The minimum atomic E-state index is -3.37. The van der Waals surface area contributed by atoms with Crippen molar-refractivity contribution in [3.63, 3.8) is 0 Å². The van der Waals surface area contributed by atoms with Crippen molar-refractivity contribution in [1.29, 1.82) is 0 Å². The largest absolute Gasteiger partial charge is 0.378 e. The number of nitrogens with zero attached hydrogens (tertiary/aromatic N) is 1. The molecule has 0 bridgehead atoms. The first-order valence-corrected chi connectivity index (χ1v) is 9.25. The van der Waals surface area contributed by atoms with Crippen LogP contribution in [0.5, 0.6) is 0 Å². The van der Waals surface area contributed by atoms with Gasteiger partial charge < -0.3 is 10.1 Å². The maximum absolute atomic E-state index is 12.6. The molecule has 2 aliphatic rings. The van der Waals surface area contributed by atoms with E-state index in [1.807, 2.05) is 13.0 Å². The predicted molar refractivity (Wildman–Crippen MR) is 78.4 cm³/mol. The third-order valence-electron chi connectivity index (χ3n) is 3.65. The zero-order chi connectivity index (χ0) is 14.2. The standard InChI is InChI=1S/C13H20N2O3S2/c1-10-9-18-7-6-15(10)20(16,17)13-5-4-12(19-13)8-14-11-2-3-11/h4-5,10-11,14H,2-3,6-9H2,1H3. The summed E-state index contributed by atoms with van der Waals surface area (Å²) in [6, 6.07) is 4.18. The monoisotopic (exact) mass is 316 g/mol. The Morgan fingerprint density at radius 3 is 2.95 bits per heavy atom. The van der Waals surface area contributed by atoms with Crippen molar-refractivity contribution >= 4 is 21.4 Å². The number of thiophene rings is 1. The maximum Gasteiger partial charge on any atom is 0.252 e. The molecule has 1 saturated heterocycles. The molecule has 1 aliphatic carbocycles. The molecule has 1 atom stereocenters. The summed E-state index contributed by atoms with van der Waals surface area (Å²) in [5.74, 6) is 0. The van der Waals surface area contributed by atoms with Crippen LogP contribution in [0.15, 0.2) is 16.3 Å². The molecule has 0 spiro atoms. The molecule has 112 valence electrons. The second-order valence-corrected chi connectivity index (χ2v) is 8.70. The Balaban J connectivity index is 1.72. The zero-order valence-electron chi connectivity index (χ0n) is 11.5. The molecule has 0 aromatic carbocycles. The highest BCUT2D eigenvalue weighted by molar-refractivity contribution is 7.91. The summed E-state index contributed by atoms with van der Waals surface area (Å²) in [5, 5.41) is 3.41. The van der Waals surface area contributed by atoms with Crippen LogP contribution in [0.3, 0.4) is 0 Å². The molecular formula is C13H20N2O3S2. The third-order valence-corrected chi connectivity index (χ3v) is 7.22. The SMILES string of the molecule is CC1COCCN1S(=O)(=O)c1ccc(CNC2CC2)s1. The molecule has 1 unspecified atom stereocenters. The van der Waals surface area contributed by atoms with E-state index in [0.29, 0.717) is 30.0 Å². The van der Waals surface area contributed by atoms with E-state index in [-0.39, 0.29) is 6.04 Å². The molecule has 0 radical (unpaired) electrons. The smallest absolute Gasteiger partial charge is 0.252 e. The van der Waals surface area contributed by atoms with Gasteiger partial charge in [-0.15, -0.1) is 11.3 Å². The number of morpholine rings is 1. The van der Waals surface area contributed by atoms with Crippen molar-refractivity contribution < 1.29 is 13.2 Å². The molecule has 1 N–H and O–H groups in total. The Bertz CT molecular complexity index is 566. The first-order chi connectivity index (χ1) is 9.57. The summed E-state index contributed by atoms with van der Waals surface area (Å²) in [7, 11) is -3.37. The molecule has 0 amide bonds. The Labute approximate surface area is 124 Å². The topological polar surface area (TPSA) is 58.6 Å². The number of hydrogen-bond donors (Lipinski definition) is 1. The third kappa shape index (κ3) is 3.07. The van der Waals surface area contributed by atoms with Crippen LogP contribution in [0.2, 0.25) is 0 Å². The van der Waals surface area contributed by atoms with Gasteiger partial charge in [0.2, 0.25) is 0 Å². The quantitative estimate of drug-likeness (QED) is 0.892. The van der Waals surface area contributed by atoms with Gasteiger partial charge in [-0.05, 0) is 31.9 Å². The molecule has 20 heavy (non-hydrogen) atoms. The average Bonchev–Trinajstić information content (AvgIpc) is 3.13. The van der Waals surface area contributed by atoms with Crippen LogP contribution in [0.25, 0.3) is 0 Å². The molecule has 3 rings (SSSR count). The van der Waals surface area contributed by atoms with Crippen LogP contribution in [-0.2, 0) is 21.3 Å². The average molecular weight is 316 g/mol. The van der Waals surface area contributed by atoms with Gasteiger partial charge in [-0.2, -0.15) is 4.31 Å². The fourth-order valence-electron chi connectivity index (χ4n) is 2.31. The first kappa shape index (κ1) is 14.5. The molecule has 1 aromatic heterocycles. The van der Waals surface area contributed by atoms with Gasteiger partial charge in [-0.3, -0.25) is 0 Å². The molecule has 1 saturated carbocycles. The summed E-state index contributed by atoms with van der Waals surface area (Å²) >= 11 is 1.37. The maximum atomic E-state index is 12.6. The second-order valence-electron chi connectivity index (χ2n) is 5.42. The molecule has 1 aliphatic heterocycles. The fraction of sp³-hybridized carbons (Fsp3) is 0.692. The van der Waals surface area contributed by atoms with Crippen molar-refractivity contribution in [3.05, 3.63) is 17.0 Å². The van der Waals surface area contributed by atoms with E-state index in [4.69, 9.17) is 4.74 Å². The van der Waals surface area contributed by atoms with Gasteiger partial charge in [-0.1, -0.05) is 0 Å². The van der Waals surface area contributed by atoms with E-state index >= 15 is 0 Å². The van der Waals surface area contributed by atoms with Crippen LogP contribution < -0.4 is 5.32 Å². The zero-order valence-corrected chi connectivity index (χ0v) is 13.2. The predicted octanol–water partition coefficient (Wildman–Crippen LogP) is 1.41. The number of hydrogen-bond acceptors (Lipinski definition) is 5. The van der Waals surface area contributed by atoms with Gasteiger partial charge in [0.25, 0.3) is 10.0 Å². The molecular weight excluding hydrogens is 296 g/mol. The van der Waals surface area contributed by atoms with Gasteiger partial charge in [0, 0.05) is 30.1 Å². The van der Waals surface area contributed by atoms with E-state index in [1.165, 1.54) is 24.2 Å². The van der Waals surface area contributed by atoms with Crippen molar-refractivity contribution in [2.45, 2.75) is 42.6 Å². The summed E-state index contributed by atoms with van der Waals surface area (Å²) in [4.78, 5) is 1.08. The number of ether oxygens (including phenoxy) is 1. The highest BCUT2D eigenvalue weighted by Crippen LogP contribution is 2.28. The lowest BCUT2D eigenvalue weighted by atomic mass is 10.3. The van der Waals surface area contributed by atoms with Crippen molar-refractivity contribution in [3.8, 4) is 0 Å². The highest BCUT2D eigenvalue weighted by atomic mass is 32.2. The minimum Gasteiger partial charge on any atom is -0.378 e. The minimum absolute atomic E-state index is 0.0936. The summed E-state index contributed by atoms with van der Waals surface area (Å²) in [6.07, 6.45) is 2.48. The van der Waals surface area contributed by atoms with E-state index in [9.17, 15) is 8.42 Å². The number of rotatable bonds is 5. The molecule has 2 fully saturated rings. The lowest BCUT2D eigenvalue weighted by molar-refractivity contribution is 0.0393. The number of nitrogens with one attached hydrogen (secondary N) is 1. The molecule has 7 heteroatoms. The molecule has 2 heterocycles. The molecule has 1 aromatic rings. The Kier molecular flexibility index (Phi) is 4.14. The van der Waals surface area contributed by atoms with Crippen LogP contribution >= 0.6 is 11.3 Å². The highest BCUT2D eigenvalue weighted by Gasteiger charge is 2.32. The van der Waals surface area contributed by atoms with E-state index in [2.05, 4.69) is 5.32 Å². The Hall–Kier alpha value is -0.470. The van der Waals surface area contributed by atoms with Crippen LogP contribution in [0.1, 0.15) is 24.6 Å². The van der Waals surface area contributed by atoms with E-state index in [1.54, 1.807) is 10.4 Å². The normalized spacial score (nSPS) is 24.9. The first-order valence-electron chi connectivity index (χ1n) is 6.99. The lowest BCUT2D eigenvalue weighted by Crippen LogP contribution is -2.46. The van der Waals surface area contributed by atoms with Gasteiger partial charge >= 0.3 is 0 Å². The Morgan fingerprint density at radius 1 is 1.45 bits per heavy atom. The lowest BCUT2D eigenvalue weighted by Gasteiger charge is -2.31. The number of sulfonamides is 1. The summed E-state index contributed by atoms with van der Waals surface area (Å²) in [5.41, 5.74) is 0. The van der Waals surface area contributed by atoms with Crippen LogP contribution in [-0.4, -0.2) is 44.6 Å². The van der Waals surface area contributed by atoms with Crippen molar-refractivity contribution in [2.75, 3.05) is 19.8 Å². The van der Waals surface area contributed by atoms with Crippen molar-refractivity contribution in [1.82, 2.24) is 9.62 Å². The van der Waals surface area contributed by atoms with E-state index in [0.717, 1.165) is 11.4 Å². The second kappa shape index (κ2) is 5.73. The van der Waals surface area contributed by atoms with Crippen LogP contribution in [0.4, 0.5) is 0 Å². The van der Waals surface area contributed by atoms with Crippen molar-refractivity contribution in [2.24, 2.45) is 0 Å².